The van der Waals surface area contributed by atoms with Crippen LogP contribution in [0.3, 0.4) is 0 Å². The van der Waals surface area contributed by atoms with Crippen molar-refractivity contribution in [3.63, 3.8) is 0 Å². The van der Waals surface area contributed by atoms with Crippen molar-refractivity contribution >= 4 is 7.60 Å². The molecular weight excluding hydrogens is 331 g/mol. The average Bonchev–Trinajstić information content (AvgIpc) is 2.56. The average molecular weight is 377 g/mol. The van der Waals surface area contributed by atoms with Crippen LogP contribution in [0.2, 0.25) is 0 Å². The highest BCUT2D eigenvalue weighted by atomic mass is 31.2. The summed E-state index contributed by atoms with van der Waals surface area (Å²) in [6.45, 7) is 11.7. The monoisotopic (exact) mass is 376 g/mol. The molecule has 0 heterocycles. The zero-order chi connectivity index (χ0) is 19.0. The first kappa shape index (κ1) is 25.1. The molecule has 4 heteroatoms. The fourth-order valence-corrected chi connectivity index (χ4v) is 4.63. The minimum absolute atomic E-state index is 0.0162. The van der Waals surface area contributed by atoms with Crippen molar-refractivity contribution in [2.24, 2.45) is 5.41 Å². The summed E-state index contributed by atoms with van der Waals surface area (Å²) in [6, 6.07) is 0. The van der Waals surface area contributed by atoms with Gasteiger partial charge in [-0.3, -0.25) is 4.57 Å². The van der Waals surface area contributed by atoms with E-state index in [0.29, 0.717) is 19.4 Å². The molecule has 0 amide bonds. The molecule has 0 bridgehead atoms. The van der Waals surface area contributed by atoms with Gasteiger partial charge in [-0.15, -0.1) is 0 Å². The largest absolute Gasteiger partial charge is 0.330 e. The standard InChI is InChI=1S/C21H45O3P/c1-6-8-10-11-12-13-14-15-16-17-18-23-25(22,19-9-7-2)24-20-21(3,4)5/h6-20H2,1-5H3. The predicted octanol–water partition coefficient (Wildman–Crippen LogP) is 7.98. The minimum atomic E-state index is -2.91. The molecule has 0 saturated carbocycles. The molecule has 3 nitrogen and oxygen atoms in total. The van der Waals surface area contributed by atoms with Crippen LogP contribution in [0.4, 0.5) is 0 Å². The summed E-state index contributed by atoms with van der Waals surface area (Å²) in [5, 5.41) is 0. The van der Waals surface area contributed by atoms with E-state index in [9.17, 15) is 4.57 Å². The molecule has 0 aromatic heterocycles. The predicted molar refractivity (Wildman–Crippen MR) is 111 cm³/mol. The summed E-state index contributed by atoms with van der Waals surface area (Å²) in [5.74, 6) is 0. The van der Waals surface area contributed by atoms with Crippen LogP contribution in [0, 0.1) is 5.41 Å². The van der Waals surface area contributed by atoms with Crippen molar-refractivity contribution in [2.75, 3.05) is 19.4 Å². The molecule has 0 aliphatic rings. The smallest absolute Gasteiger partial charge is 0.309 e. The van der Waals surface area contributed by atoms with Crippen molar-refractivity contribution < 1.29 is 13.6 Å². The second-order valence-electron chi connectivity index (χ2n) is 8.54. The zero-order valence-electron chi connectivity index (χ0n) is 17.8. The first-order valence-corrected chi connectivity index (χ1v) is 12.4. The lowest BCUT2D eigenvalue weighted by Crippen LogP contribution is -2.15. The molecule has 1 unspecified atom stereocenters. The number of unbranched alkanes of at least 4 members (excludes halogenated alkanes) is 10. The van der Waals surface area contributed by atoms with Crippen molar-refractivity contribution in [3.05, 3.63) is 0 Å². The number of hydrogen-bond acceptors (Lipinski definition) is 3. The van der Waals surface area contributed by atoms with E-state index >= 15 is 0 Å². The Morgan fingerprint density at radius 3 is 1.64 bits per heavy atom. The Morgan fingerprint density at radius 1 is 0.680 bits per heavy atom. The molecule has 0 aromatic carbocycles. The van der Waals surface area contributed by atoms with E-state index in [1.807, 2.05) is 0 Å². The topological polar surface area (TPSA) is 35.5 Å². The van der Waals surface area contributed by atoms with Crippen LogP contribution in [-0.4, -0.2) is 19.4 Å². The highest BCUT2D eigenvalue weighted by molar-refractivity contribution is 7.53. The van der Waals surface area contributed by atoms with Crippen LogP contribution in [0.1, 0.15) is 112 Å². The van der Waals surface area contributed by atoms with E-state index in [0.717, 1.165) is 19.3 Å². The lowest BCUT2D eigenvalue weighted by Gasteiger charge is -2.24. The van der Waals surface area contributed by atoms with E-state index in [2.05, 4.69) is 34.6 Å². The summed E-state index contributed by atoms with van der Waals surface area (Å²) < 4.78 is 24.3. The van der Waals surface area contributed by atoms with Gasteiger partial charge in [-0.1, -0.05) is 98.8 Å². The Labute approximate surface area is 158 Å². The highest BCUT2D eigenvalue weighted by Gasteiger charge is 2.26. The number of rotatable bonds is 17. The van der Waals surface area contributed by atoms with Gasteiger partial charge in [0.05, 0.1) is 19.4 Å². The Morgan fingerprint density at radius 2 is 1.16 bits per heavy atom. The van der Waals surface area contributed by atoms with Crippen molar-refractivity contribution in [2.45, 2.75) is 112 Å². The van der Waals surface area contributed by atoms with Gasteiger partial charge in [-0.05, 0) is 18.3 Å². The third-order valence-electron chi connectivity index (χ3n) is 4.27. The van der Waals surface area contributed by atoms with Crippen molar-refractivity contribution in [1.82, 2.24) is 0 Å². The van der Waals surface area contributed by atoms with E-state index in [1.54, 1.807) is 0 Å². The van der Waals surface area contributed by atoms with E-state index in [1.165, 1.54) is 57.8 Å². The van der Waals surface area contributed by atoms with Gasteiger partial charge in [0.2, 0.25) is 0 Å². The van der Waals surface area contributed by atoms with Gasteiger partial charge in [-0.2, -0.15) is 0 Å². The maximum atomic E-state index is 12.8. The Kier molecular flexibility index (Phi) is 15.3. The molecule has 0 N–H and O–H groups in total. The maximum Gasteiger partial charge on any atom is 0.330 e. The molecule has 0 fully saturated rings. The fraction of sp³-hybridized carbons (Fsp3) is 1.00. The Bertz CT molecular complexity index is 337. The van der Waals surface area contributed by atoms with Crippen LogP contribution in [0.15, 0.2) is 0 Å². The van der Waals surface area contributed by atoms with Gasteiger partial charge in [0.1, 0.15) is 0 Å². The minimum Gasteiger partial charge on any atom is -0.309 e. The van der Waals surface area contributed by atoms with E-state index in [4.69, 9.17) is 9.05 Å². The summed E-state index contributed by atoms with van der Waals surface area (Å²) in [7, 11) is -2.91. The van der Waals surface area contributed by atoms with Crippen molar-refractivity contribution in [3.8, 4) is 0 Å². The number of hydrogen-bond donors (Lipinski definition) is 0. The summed E-state index contributed by atoms with van der Waals surface area (Å²) >= 11 is 0. The Hall–Kier alpha value is 0.150. The summed E-state index contributed by atoms with van der Waals surface area (Å²) in [5.41, 5.74) is 0.0162. The second kappa shape index (κ2) is 15.2. The molecule has 0 aromatic rings. The molecule has 0 rings (SSSR count). The quantitative estimate of drug-likeness (QED) is 0.191. The van der Waals surface area contributed by atoms with Crippen LogP contribution >= 0.6 is 7.60 Å². The highest BCUT2D eigenvalue weighted by Crippen LogP contribution is 2.50. The van der Waals surface area contributed by atoms with Gasteiger partial charge in [0.15, 0.2) is 0 Å². The molecule has 0 aliphatic carbocycles. The Balaban J connectivity index is 3.78. The molecule has 0 saturated heterocycles. The molecule has 0 aliphatic heterocycles. The van der Waals surface area contributed by atoms with Crippen LogP contribution < -0.4 is 0 Å². The zero-order valence-corrected chi connectivity index (χ0v) is 18.7. The van der Waals surface area contributed by atoms with Gasteiger partial charge in [-0.25, -0.2) is 0 Å². The third kappa shape index (κ3) is 17.3. The molecule has 1 atom stereocenters. The van der Waals surface area contributed by atoms with Crippen LogP contribution in [0.25, 0.3) is 0 Å². The van der Waals surface area contributed by atoms with Crippen LogP contribution in [0.5, 0.6) is 0 Å². The first-order chi connectivity index (χ1) is 11.8. The maximum absolute atomic E-state index is 12.8. The summed E-state index contributed by atoms with van der Waals surface area (Å²) in [4.78, 5) is 0. The van der Waals surface area contributed by atoms with E-state index in [-0.39, 0.29) is 5.41 Å². The fourth-order valence-electron chi connectivity index (χ4n) is 2.60. The molecule has 152 valence electrons. The normalized spacial score (nSPS) is 14.6. The molecule has 0 spiro atoms. The molecular formula is C21H45O3P. The lowest BCUT2D eigenvalue weighted by molar-refractivity contribution is 0.149. The molecule has 0 radical (unpaired) electrons. The lowest BCUT2D eigenvalue weighted by atomic mass is 9.99. The third-order valence-corrected chi connectivity index (χ3v) is 6.23. The molecule has 25 heavy (non-hydrogen) atoms. The SMILES string of the molecule is CCCCCCCCCCCCOP(=O)(CCCC)OCC(C)(C)C. The van der Waals surface area contributed by atoms with E-state index < -0.39 is 7.60 Å². The van der Waals surface area contributed by atoms with Gasteiger partial charge in [0, 0.05) is 0 Å². The first-order valence-electron chi connectivity index (χ1n) is 10.7. The van der Waals surface area contributed by atoms with Gasteiger partial charge in [0.25, 0.3) is 0 Å². The van der Waals surface area contributed by atoms with Crippen LogP contribution in [-0.2, 0) is 13.6 Å². The summed E-state index contributed by atoms with van der Waals surface area (Å²) in [6.07, 6.45) is 15.4. The van der Waals surface area contributed by atoms with Crippen molar-refractivity contribution in [1.29, 1.82) is 0 Å². The van der Waals surface area contributed by atoms with Gasteiger partial charge < -0.3 is 9.05 Å². The van der Waals surface area contributed by atoms with Gasteiger partial charge >= 0.3 is 7.60 Å². The second-order valence-corrected chi connectivity index (χ2v) is 10.7.